The first kappa shape index (κ1) is 8.08. The van der Waals surface area contributed by atoms with E-state index in [1.54, 1.807) is 0 Å². The van der Waals surface area contributed by atoms with Crippen LogP contribution in [-0.4, -0.2) is 12.3 Å². The molecule has 0 amide bonds. The lowest BCUT2D eigenvalue weighted by Gasteiger charge is -2.02. The summed E-state index contributed by atoms with van der Waals surface area (Å²) in [5, 5.41) is 3.43. The van der Waals surface area contributed by atoms with Gasteiger partial charge in [-0.2, -0.15) is 0 Å². The third-order valence-electron chi connectivity index (χ3n) is 2.05. The summed E-state index contributed by atoms with van der Waals surface area (Å²) in [4.78, 5) is 13.4. The van der Waals surface area contributed by atoms with Gasteiger partial charge >= 0.3 is 0 Å². The maximum Gasteiger partial charge on any atom is 0.133 e. The number of ketones is 1. The van der Waals surface area contributed by atoms with Crippen LogP contribution in [0.1, 0.15) is 25.7 Å². The fourth-order valence-electron chi connectivity index (χ4n) is 1.42. The predicted molar refractivity (Wildman–Crippen MR) is 41.0 cm³/mol. The van der Waals surface area contributed by atoms with Crippen molar-refractivity contribution in [3.63, 3.8) is 0 Å². The highest BCUT2D eigenvalue weighted by atomic mass is 16.1. The van der Waals surface area contributed by atoms with Crippen molar-refractivity contribution in [1.29, 1.82) is 0 Å². The largest absolute Gasteiger partial charge is 0.300 e. The van der Waals surface area contributed by atoms with Crippen LogP contribution in [0.3, 0.4) is 0 Å². The van der Waals surface area contributed by atoms with Crippen LogP contribution in [0.2, 0.25) is 0 Å². The molecule has 11 heavy (non-hydrogen) atoms. The fraction of sp³-hybridized carbons (Fsp3) is 0.857. The second-order valence-corrected chi connectivity index (χ2v) is 2.89. The molecular formula is C7H11N3O. The summed E-state index contributed by atoms with van der Waals surface area (Å²) in [6.45, 7) is 0.536. The molecular weight excluding hydrogens is 142 g/mol. The van der Waals surface area contributed by atoms with Gasteiger partial charge in [-0.05, 0) is 24.3 Å². The molecule has 0 heterocycles. The summed E-state index contributed by atoms with van der Waals surface area (Å²) in [5.41, 5.74) is 7.98. The molecule has 0 N–H and O–H groups in total. The molecule has 4 nitrogen and oxygen atoms in total. The molecule has 1 atom stereocenters. The van der Waals surface area contributed by atoms with E-state index in [0.29, 0.717) is 24.7 Å². The van der Waals surface area contributed by atoms with Gasteiger partial charge in [-0.15, -0.1) is 0 Å². The molecule has 1 saturated carbocycles. The van der Waals surface area contributed by atoms with Crippen molar-refractivity contribution in [3.05, 3.63) is 10.4 Å². The minimum atomic E-state index is 0.357. The van der Waals surface area contributed by atoms with Crippen LogP contribution in [-0.2, 0) is 4.79 Å². The Kier molecular flexibility index (Phi) is 2.93. The average Bonchev–Trinajstić information content (AvgIpc) is 2.37. The van der Waals surface area contributed by atoms with Gasteiger partial charge in [0.25, 0.3) is 0 Å². The molecule has 1 aliphatic carbocycles. The van der Waals surface area contributed by atoms with Gasteiger partial charge in [0.05, 0.1) is 0 Å². The van der Waals surface area contributed by atoms with Gasteiger partial charge in [0.2, 0.25) is 0 Å². The first-order valence-corrected chi connectivity index (χ1v) is 3.85. The maximum absolute atomic E-state index is 10.8. The van der Waals surface area contributed by atoms with E-state index >= 15 is 0 Å². The van der Waals surface area contributed by atoms with E-state index in [9.17, 15) is 4.79 Å². The van der Waals surface area contributed by atoms with Gasteiger partial charge in [-0.25, -0.2) is 0 Å². The molecule has 1 rings (SSSR count). The van der Waals surface area contributed by atoms with Gasteiger partial charge in [0.15, 0.2) is 0 Å². The van der Waals surface area contributed by atoms with Crippen LogP contribution in [0.4, 0.5) is 0 Å². The molecule has 0 aromatic carbocycles. The average molecular weight is 153 g/mol. The summed E-state index contributed by atoms with van der Waals surface area (Å²) in [6, 6.07) is 0. The first-order chi connectivity index (χ1) is 5.33. The van der Waals surface area contributed by atoms with E-state index < -0.39 is 0 Å². The van der Waals surface area contributed by atoms with Crippen LogP contribution in [0.25, 0.3) is 10.4 Å². The SMILES string of the molecule is [N-]=[N+]=NCCC1CCC(=O)C1. The van der Waals surface area contributed by atoms with E-state index in [0.717, 1.165) is 19.3 Å². The van der Waals surface area contributed by atoms with Crippen molar-refractivity contribution < 1.29 is 4.79 Å². The Labute approximate surface area is 65.2 Å². The van der Waals surface area contributed by atoms with E-state index in [2.05, 4.69) is 10.0 Å². The Morgan fingerprint density at radius 2 is 2.55 bits per heavy atom. The minimum Gasteiger partial charge on any atom is -0.300 e. The number of Topliss-reactive ketones (excluding diaryl/α,β-unsaturated/α-hetero) is 1. The molecule has 0 aromatic rings. The van der Waals surface area contributed by atoms with E-state index in [-0.39, 0.29) is 0 Å². The lowest BCUT2D eigenvalue weighted by atomic mass is 10.0. The molecule has 1 unspecified atom stereocenters. The standard InChI is InChI=1S/C7H11N3O/c8-10-9-4-3-6-1-2-7(11)5-6/h6H,1-5H2. The molecule has 60 valence electrons. The summed E-state index contributed by atoms with van der Waals surface area (Å²) >= 11 is 0. The predicted octanol–water partition coefficient (Wildman–Crippen LogP) is 2.06. The summed E-state index contributed by atoms with van der Waals surface area (Å²) < 4.78 is 0. The Balaban J connectivity index is 2.18. The topological polar surface area (TPSA) is 65.8 Å². The first-order valence-electron chi connectivity index (χ1n) is 3.85. The summed E-state index contributed by atoms with van der Waals surface area (Å²) in [6.07, 6.45) is 3.28. The Hall–Kier alpha value is -1.02. The van der Waals surface area contributed by atoms with Gasteiger partial charge in [0, 0.05) is 24.3 Å². The highest BCUT2D eigenvalue weighted by Gasteiger charge is 2.20. The van der Waals surface area contributed by atoms with Gasteiger partial charge in [0.1, 0.15) is 5.78 Å². The molecule has 0 spiro atoms. The zero-order valence-electron chi connectivity index (χ0n) is 6.36. The van der Waals surface area contributed by atoms with Crippen LogP contribution in [0, 0.1) is 5.92 Å². The lowest BCUT2D eigenvalue weighted by Crippen LogP contribution is -1.96. The zero-order chi connectivity index (χ0) is 8.10. The highest BCUT2D eigenvalue weighted by Crippen LogP contribution is 2.24. The van der Waals surface area contributed by atoms with Crippen LogP contribution in [0.5, 0.6) is 0 Å². The zero-order valence-corrected chi connectivity index (χ0v) is 6.36. The van der Waals surface area contributed by atoms with E-state index in [1.165, 1.54) is 0 Å². The fourth-order valence-corrected chi connectivity index (χ4v) is 1.42. The third kappa shape index (κ3) is 2.60. The van der Waals surface area contributed by atoms with Crippen LogP contribution >= 0.6 is 0 Å². The summed E-state index contributed by atoms with van der Waals surface area (Å²) in [5.74, 6) is 0.837. The van der Waals surface area contributed by atoms with E-state index in [1.807, 2.05) is 0 Å². The second-order valence-electron chi connectivity index (χ2n) is 2.89. The summed E-state index contributed by atoms with van der Waals surface area (Å²) in [7, 11) is 0. The van der Waals surface area contributed by atoms with Gasteiger partial charge in [-0.3, -0.25) is 4.79 Å². The Morgan fingerprint density at radius 1 is 1.73 bits per heavy atom. The number of rotatable bonds is 3. The number of carbonyl (C=O) groups excluding carboxylic acids is 1. The Bertz CT molecular complexity index is 196. The third-order valence-corrected chi connectivity index (χ3v) is 2.05. The minimum absolute atomic E-state index is 0.357. The molecule has 1 aliphatic rings. The van der Waals surface area contributed by atoms with Crippen molar-refractivity contribution in [2.45, 2.75) is 25.7 Å². The van der Waals surface area contributed by atoms with Crippen LogP contribution < -0.4 is 0 Å². The number of hydrogen-bond donors (Lipinski definition) is 0. The maximum atomic E-state index is 10.8. The van der Waals surface area contributed by atoms with Crippen LogP contribution in [0.15, 0.2) is 5.11 Å². The number of carbonyl (C=O) groups is 1. The number of hydrogen-bond acceptors (Lipinski definition) is 2. The monoisotopic (exact) mass is 153 g/mol. The van der Waals surface area contributed by atoms with E-state index in [4.69, 9.17) is 5.53 Å². The normalized spacial score (nSPS) is 23.3. The quantitative estimate of drug-likeness (QED) is 0.347. The molecule has 4 heteroatoms. The van der Waals surface area contributed by atoms with Crippen molar-refractivity contribution >= 4 is 5.78 Å². The highest BCUT2D eigenvalue weighted by molar-refractivity contribution is 5.80. The number of azide groups is 1. The molecule has 0 aliphatic heterocycles. The molecule has 0 radical (unpaired) electrons. The smallest absolute Gasteiger partial charge is 0.133 e. The van der Waals surface area contributed by atoms with Crippen molar-refractivity contribution in [2.75, 3.05) is 6.54 Å². The molecule has 0 saturated heterocycles. The van der Waals surface area contributed by atoms with Gasteiger partial charge < -0.3 is 0 Å². The Morgan fingerprint density at radius 3 is 3.09 bits per heavy atom. The second kappa shape index (κ2) is 3.98. The number of nitrogens with zero attached hydrogens (tertiary/aromatic N) is 3. The van der Waals surface area contributed by atoms with Crippen molar-refractivity contribution in [2.24, 2.45) is 11.0 Å². The van der Waals surface area contributed by atoms with Crippen molar-refractivity contribution in [1.82, 2.24) is 0 Å². The van der Waals surface area contributed by atoms with Crippen molar-refractivity contribution in [3.8, 4) is 0 Å². The lowest BCUT2D eigenvalue weighted by molar-refractivity contribution is -0.117. The molecule has 0 bridgehead atoms. The van der Waals surface area contributed by atoms with Gasteiger partial charge in [-0.1, -0.05) is 5.11 Å². The molecule has 1 fully saturated rings. The molecule has 0 aromatic heterocycles.